The van der Waals surface area contributed by atoms with E-state index in [2.05, 4.69) is 168 Å². The largest absolute Gasteiger partial charge is 0.454 e. The molecule has 1 aliphatic heterocycles. The fourth-order valence-electron chi connectivity index (χ4n) is 8.26. The average Bonchev–Trinajstić information content (AvgIpc) is 3.84. The Labute approximate surface area is 323 Å². The van der Waals surface area contributed by atoms with Crippen molar-refractivity contribution >= 4 is 55.4 Å². The molecule has 0 bridgehead atoms. The maximum Gasteiger partial charge on any atom is 0.160 e. The standard InChI is InChI=1S/C51H34N4O/c1-5-16-33(17-6-1)37-30-38(34-18-7-2-8-19-34)32-39(31-37)55-44-26-14-13-24-40(44)41-28-29-42-46-43(25-15-27-45(46)56-48(42)47(41)55)51-53-49(35-20-9-3-10-21-35)52-50(54-51)36-22-11-4-12-23-36/h1-32,51H,(H,52,53,54). The zero-order valence-corrected chi connectivity index (χ0v) is 30.3. The summed E-state index contributed by atoms with van der Waals surface area (Å²) in [5, 5.41) is 8.07. The van der Waals surface area contributed by atoms with Crippen LogP contribution >= 0.6 is 0 Å². The van der Waals surface area contributed by atoms with Crippen molar-refractivity contribution in [3.63, 3.8) is 0 Å². The molecule has 0 amide bonds. The first-order valence-electron chi connectivity index (χ1n) is 18.9. The van der Waals surface area contributed by atoms with Gasteiger partial charge in [-0.2, -0.15) is 0 Å². The first-order valence-corrected chi connectivity index (χ1v) is 18.9. The second kappa shape index (κ2) is 13.1. The maximum absolute atomic E-state index is 7.01. The van der Waals surface area contributed by atoms with Crippen molar-refractivity contribution in [1.29, 1.82) is 0 Å². The highest BCUT2D eigenvalue weighted by Crippen LogP contribution is 2.43. The number of amidine groups is 2. The molecule has 0 spiro atoms. The number of nitrogens with zero attached hydrogens (tertiary/aromatic N) is 3. The van der Waals surface area contributed by atoms with E-state index in [9.17, 15) is 0 Å². The van der Waals surface area contributed by atoms with Gasteiger partial charge in [0.2, 0.25) is 0 Å². The summed E-state index contributed by atoms with van der Waals surface area (Å²) in [6.07, 6.45) is -0.403. The third kappa shape index (κ3) is 5.32. The third-order valence-corrected chi connectivity index (χ3v) is 10.8. The van der Waals surface area contributed by atoms with Crippen LogP contribution in [-0.2, 0) is 0 Å². The highest BCUT2D eigenvalue weighted by atomic mass is 16.3. The van der Waals surface area contributed by atoms with Gasteiger partial charge in [0.1, 0.15) is 17.6 Å². The molecule has 264 valence electrons. The predicted octanol–water partition coefficient (Wildman–Crippen LogP) is 12.5. The first kappa shape index (κ1) is 32.0. The molecule has 1 unspecified atom stereocenters. The molecule has 2 aromatic heterocycles. The van der Waals surface area contributed by atoms with E-state index in [1.54, 1.807) is 0 Å². The number of hydrogen-bond donors (Lipinski definition) is 1. The molecule has 1 atom stereocenters. The molecular weight excluding hydrogens is 685 g/mol. The van der Waals surface area contributed by atoms with E-state index in [0.717, 1.165) is 77.7 Å². The zero-order valence-electron chi connectivity index (χ0n) is 30.3. The molecule has 56 heavy (non-hydrogen) atoms. The van der Waals surface area contributed by atoms with Crippen molar-refractivity contribution in [3.05, 3.63) is 211 Å². The molecule has 5 heteroatoms. The van der Waals surface area contributed by atoms with Crippen LogP contribution in [0, 0.1) is 0 Å². The summed E-state index contributed by atoms with van der Waals surface area (Å²) in [4.78, 5) is 10.3. The molecule has 1 N–H and O–H groups in total. The number of benzene rings is 8. The van der Waals surface area contributed by atoms with Crippen LogP contribution in [0.3, 0.4) is 0 Å². The molecule has 3 heterocycles. The third-order valence-electron chi connectivity index (χ3n) is 10.8. The fourth-order valence-corrected chi connectivity index (χ4v) is 8.26. The highest BCUT2D eigenvalue weighted by molar-refractivity contribution is 6.22. The fraction of sp³-hybridized carbons (Fsp3) is 0.0196. The van der Waals surface area contributed by atoms with Crippen LogP contribution in [-0.4, -0.2) is 16.2 Å². The molecule has 1 aliphatic rings. The van der Waals surface area contributed by atoms with Crippen molar-refractivity contribution < 1.29 is 4.42 Å². The lowest BCUT2D eigenvalue weighted by molar-refractivity contribution is 0.663. The Bertz CT molecular complexity index is 3090. The number of hydrogen-bond acceptors (Lipinski definition) is 4. The summed E-state index contributed by atoms with van der Waals surface area (Å²) in [6.45, 7) is 0. The van der Waals surface area contributed by atoms with Crippen LogP contribution < -0.4 is 5.32 Å². The van der Waals surface area contributed by atoms with E-state index >= 15 is 0 Å². The van der Waals surface area contributed by atoms with E-state index in [4.69, 9.17) is 14.4 Å². The summed E-state index contributed by atoms with van der Waals surface area (Å²) in [5.74, 6) is 1.47. The van der Waals surface area contributed by atoms with Gasteiger partial charge in [0.05, 0.1) is 11.0 Å². The van der Waals surface area contributed by atoms with Gasteiger partial charge in [-0.3, -0.25) is 0 Å². The SMILES string of the molecule is c1ccc(C2=NC(c3cccc4oc5c(ccc6c7ccccc7n(-c7cc(-c8ccccc8)cc(-c8ccccc8)c7)c65)c34)NC(c3ccccc3)=N2)cc1. The van der Waals surface area contributed by atoms with Gasteiger partial charge in [-0.25, -0.2) is 9.98 Å². The van der Waals surface area contributed by atoms with Crippen molar-refractivity contribution in [1.82, 2.24) is 9.88 Å². The van der Waals surface area contributed by atoms with Gasteiger partial charge in [0.25, 0.3) is 0 Å². The molecule has 11 rings (SSSR count). The topological polar surface area (TPSA) is 54.8 Å². The van der Waals surface area contributed by atoms with E-state index in [1.807, 2.05) is 36.4 Å². The van der Waals surface area contributed by atoms with Crippen molar-refractivity contribution in [3.8, 4) is 27.9 Å². The number of nitrogens with one attached hydrogen (secondary N) is 1. The smallest absolute Gasteiger partial charge is 0.160 e. The van der Waals surface area contributed by atoms with Crippen LogP contribution in [0.2, 0.25) is 0 Å². The summed E-state index contributed by atoms with van der Waals surface area (Å²) in [7, 11) is 0. The summed E-state index contributed by atoms with van der Waals surface area (Å²) >= 11 is 0. The lowest BCUT2D eigenvalue weighted by Crippen LogP contribution is -2.33. The lowest BCUT2D eigenvalue weighted by atomic mass is 9.98. The molecular formula is C51H34N4O. The Balaban J connectivity index is 1.16. The van der Waals surface area contributed by atoms with Crippen molar-refractivity contribution in [2.45, 2.75) is 6.17 Å². The number of furan rings is 1. The molecule has 5 nitrogen and oxygen atoms in total. The summed E-state index contributed by atoms with van der Waals surface area (Å²) in [5.41, 5.74) is 12.5. The van der Waals surface area contributed by atoms with Gasteiger partial charge in [-0.05, 0) is 58.7 Å². The Hall–Kier alpha value is -7.50. The van der Waals surface area contributed by atoms with Gasteiger partial charge in [-0.15, -0.1) is 0 Å². The lowest BCUT2D eigenvalue weighted by Gasteiger charge is -2.24. The summed E-state index contributed by atoms with van der Waals surface area (Å²) < 4.78 is 9.40. The monoisotopic (exact) mass is 718 g/mol. The van der Waals surface area contributed by atoms with Crippen molar-refractivity contribution in [2.75, 3.05) is 0 Å². The van der Waals surface area contributed by atoms with E-state index in [-0.39, 0.29) is 0 Å². The van der Waals surface area contributed by atoms with Crippen molar-refractivity contribution in [2.24, 2.45) is 9.98 Å². The molecule has 0 saturated carbocycles. The quantitative estimate of drug-likeness (QED) is 0.186. The van der Waals surface area contributed by atoms with Gasteiger partial charge < -0.3 is 14.3 Å². The van der Waals surface area contributed by atoms with E-state index < -0.39 is 6.17 Å². The van der Waals surface area contributed by atoms with Gasteiger partial charge in [-0.1, -0.05) is 158 Å². The Morgan fingerprint density at radius 2 is 1.07 bits per heavy atom. The number of fused-ring (bicyclic) bond motifs is 7. The normalized spacial score (nSPS) is 14.2. The number of aromatic nitrogens is 1. The van der Waals surface area contributed by atoms with Crippen LogP contribution in [0.1, 0.15) is 22.9 Å². The number of rotatable bonds is 6. The molecule has 0 saturated heterocycles. The molecule has 10 aromatic rings. The Morgan fingerprint density at radius 1 is 0.482 bits per heavy atom. The van der Waals surface area contributed by atoms with Gasteiger partial charge >= 0.3 is 0 Å². The minimum atomic E-state index is -0.403. The summed E-state index contributed by atoms with van der Waals surface area (Å²) in [6, 6.07) is 68.0. The van der Waals surface area contributed by atoms with Gasteiger partial charge in [0, 0.05) is 43.9 Å². The van der Waals surface area contributed by atoms with Crippen LogP contribution in [0.15, 0.2) is 209 Å². The minimum absolute atomic E-state index is 0.403. The molecule has 8 aromatic carbocycles. The second-order valence-electron chi connectivity index (χ2n) is 14.2. The average molecular weight is 719 g/mol. The van der Waals surface area contributed by atoms with Crippen LogP contribution in [0.5, 0.6) is 0 Å². The van der Waals surface area contributed by atoms with Gasteiger partial charge in [0.15, 0.2) is 11.4 Å². The van der Waals surface area contributed by atoms with Crippen LogP contribution in [0.25, 0.3) is 71.7 Å². The minimum Gasteiger partial charge on any atom is -0.454 e. The number of aliphatic imine (C=N–C) groups is 2. The number of para-hydroxylation sites is 1. The predicted molar refractivity (Wildman–Crippen MR) is 231 cm³/mol. The van der Waals surface area contributed by atoms with Crippen LogP contribution in [0.4, 0.5) is 0 Å². The van der Waals surface area contributed by atoms with E-state index in [1.165, 1.54) is 16.5 Å². The maximum atomic E-state index is 7.01. The van der Waals surface area contributed by atoms with E-state index in [0.29, 0.717) is 5.84 Å². The second-order valence-corrected chi connectivity index (χ2v) is 14.2. The molecule has 0 fully saturated rings. The first-order chi connectivity index (χ1) is 27.8. The zero-order chi connectivity index (χ0) is 37.0. The Morgan fingerprint density at radius 3 is 1.75 bits per heavy atom. The molecule has 0 radical (unpaired) electrons. The molecule has 0 aliphatic carbocycles. The Kier molecular flexibility index (Phi) is 7.49. The highest BCUT2D eigenvalue weighted by Gasteiger charge is 2.26.